The standard InChI is InChI=1S/C40H40N12O/c1-5-6-7-8-9-10-11-12-13-14-15-29-16-18-33(19-17-29)47-38-32(25-43)21-36(39(48-38)46-28(3)53)49-50-40-34(26-44)27(2)51-52(40)37-22-31(24-42)30(23-41)20-35(37)45-4/h16-22H,5-15H2,1-3H3,(H2,46,47,48,53). The van der Waals surface area contributed by atoms with Gasteiger partial charge in [-0.25, -0.2) is 14.5 Å². The molecule has 13 heteroatoms. The van der Waals surface area contributed by atoms with Crippen molar-refractivity contribution in [1.82, 2.24) is 14.8 Å². The van der Waals surface area contributed by atoms with E-state index < -0.39 is 5.91 Å². The summed E-state index contributed by atoms with van der Waals surface area (Å²) < 4.78 is 1.19. The Morgan fingerprint density at radius 2 is 1.45 bits per heavy atom. The molecule has 4 aromatic rings. The van der Waals surface area contributed by atoms with Crippen molar-refractivity contribution in [2.24, 2.45) is 10.2 Å². The fraction of sp³-hybridized carbons (Fsp3) is 0.350. The van der Waals surface area contributed by atoms with Crippen molar-refractivity contribution in [2.45, 2.75) is 91.4 Å². The van der Waals surface area contributed by atoms with Gasteiger partial charge in [-0.15, -0.1) is 10.2 Å². The first-order valence-corrected chi connectivity index (χ1v) is 17.6. The molecule has 266 valence electrons. The molecule has 0 unspecified atom stereocenters. The van der Waals surface area contributed by atoms with Gasteiger partial charge in [-0.3, -0.25) is 4.79 Å². The Balaban J connectivity index is 1.55. The van der Waals surface area contributed by atoms with E-state index in [0.717, 1.165) is 12.8 Å². The molecular weight excluding hydrogens is 665 g/mol. The molecule has 0 saturated heterocycles. The van der Waals surface area contributed by atoms with Crippen LogP contribution in [0, 0.1) is 58.8 Å². The molecule has 2 aromatic heterocycles. The Hall–Kier alpha value is -6.88. The largest absolute Gasteiger partial charge is 0.339 e. The number of carbonyl (C=O) groups excluding carboxylic acids is 1. The molecule has 0 aliphatic carbocycles. The number of amides is 1. The second kappa shape index (κ2) is 19.5. The summed E-state index contributed by atoms with van der Waals surface area (Å²) in [5, 5.41) is 57.7. The van der Waals surface area contributed by atoms with Gasteiger partial charge in [0.15, 0.2) is 17.5 Å². The summed E-state index contributed by atoms with van der Waals surface area (Å²) in [6, 6.07) is 19.9. The van der Waals surface area contributed by atoms with Crippen molar-refractivity contribution < 1.29 is 4.79 Å². The third-order valence-electron chi connectivity index (χ3n) is 8.56. The number of nitriles is 4. The van der Waals surface area contributed by atoms with Crippen LogP contribution in [0.2, 0.25) is 0 Å². The molecule has 0 aliphatic rings. The molecule has 0 fully saturated rings. The first-order valence-electron chi connectivity index (χ1n) is 17.6. The molecule has 0 radical (unpaired) electrons. The number of carbonyl (C=O) groups is 1. The molecule has 0 aliphatic heterocycles. The first kappa shape index (κ1) is 38.9. The normalized spacial score (nSPS) is 10.5. The zero-order valence-corrected chi connectivity index (χ0v) is 30.2. The molecule has 0 saturated carbocycles. The maximum absolute atomic E-state index is 12.2. The quantitative estimate of drug-likeness (QED) is 0.0614. The monoisotopic (exact) mass is 704 g/mol. The lowest BCUT2D eigenvalue weighted by Gasteiger charge is -2.12. The fourth-order valence-corrected chi connectivity index (χ4v) is 5.75. The number of hydrogen-bond donors (Lipinski definition) is 2. The van der Waals surface area contributed by atoms with E-state index in [1.54, 1.807) is 6.92 Å². The average molecular weight is 705 g/mol. The van der Waals surface area contributed by atoms with Gasteiger partial charge in [0.25, 0.3) is 0 Å². The number of unbranched alkanes of at least 4 members (excludes halogenated alkanes) is 9. The number of anilines is 3. The highest BCUT2D eigenvalue weighted by molar-refractivity contribution is 5.91. The number of aromatic nitrogens is 3. The van der Waals surface area contributed by atoms with Crippen LogP contribution in [0.15, 0.2) is 52.7 Å². The molecule has 1 amide bonds. The zero-order chi connectivity index (χ0) is 38.2. The summed E-state index contributed by atoms with van der Waals surface area (Å²) >= 11 is 0. The van der Waals surface area contributed by atoms with Crippen LogP contribution in [-0.4, -0.2) is 20.7 Å². The van der Waals surface area contributed by atoms with Gasteiger partial charge >= 0.3 is 0 Å². The van der Waals surface area contributed by atoms with E-state index in [1.165, 1.54) is 93.2 Å². The number of nitrogens with zero attached hydrogens (tertiary/aromatic N) is 10. The smallest absolute Gasteiger partial charge is 0.222 e. The van der Waals surface area contributed by atoms with E-state index in [-0.39, 0.29) is 62.5 Å². The summed E-state index contributed by atoms with van der Waals surface area (Å²) in [5.74, 6) is -0.313. The summed E-state index contributed by atoms with van der Waals surface area (Å²) in [7, 11) is 0. The van der Waals surface area contributed by atoms with E-state index in [9.17, 15) is 25.8 Å². The Bertz CT molecular complexity index is 2180. The van der Waals surface area contributed by atoms with E-state index in [1.807, 2.05) is 42.5 Å². The molecular formula is C40H40N12O. The molecule has 0 bridgehead atoms. The lowest BCUT2D eigenvalue weighted by atomic mass is 10.0. The molecule has 4 rings (SSSR count). The number of nitrogens with one attached hydrogen (secondary N) is 2. The summed E-state index contributed by atoms with van der Waals surface area (Å²) in [6.45, 7) is 12.8. The van der Waals surface area contributed by atoms with Crippen LogP contribution in [0.5, 0.6) is 0 Å². The van der Waals surface area contributed by atoms with Crippen LogP contribution in [0.25, 0.3) is 10.5 Å². The van der Waals surface area contributed by atoms with Crippen molar-refractivity contribution in [3.05, 3.63) is 87.4 Å². The summed E-state index contributed by atoms with van der Waals surface area (Å²) in [6.07, 6.45) is 13.8. The number of rotatable bonds is 17. The molecule has 13 nitrogen and oxygen atoms in total. The predicted octanol–water partition coefficient (Wildman–Crippen LogP) is 10.2. The lowest BCUT2D eigenvalue weighted by molar-refractivity contribution is -0.114. The van der Waals surface area contributed by atoms with Crippen LogP contribution in [0.1, 0.15) is 112 Å². The summed E-state index contributed by atoms with van der Waals surface area (Å²) in [5.41, 5.74) is 2.50. The van der Waals surface area contributed by atoms with Crippen molar-refractivity contribution >= 4 is 40.4 Å². The minimum absolute atomic E-state index is 0.00128. The van der Waals surface area contributed by atoms with E-state index in [0.29, 0.717) is 5.69 Å². The number of azo groups is 1. The number of aryl methyl sites for hydroxylation is 2. The van der Waals surface area contributed by atoms with E-state index >= 15 is 0 Å². The topological polar surface area (TPSA) is 196 Å². The zero-order valence-electron chi connectivity index (χ0n) is 30.2. The van der Waals surface area contributed by atoms with Gasteiger partial charge < -0.3 is 10.6 Å². The first-order chi connectivity index (χ1) is 25.8. The third kappa shape index (κ3) is 10.3. The van der Waals surface area contributed by atoms with Gasteiger partial charge in [-0.1, -0.05) is 76.8 Å². The van der Waals surface area contributed by atoms with Crippen molar-refractivity contribution in [2.75, 3.05) is 10.6 Å². The third-order valence-corrected chi connectivity index (χ3v) is 8.56. The van der Waals surface area contributed by atoms with Crippen LogP contribution in [-0.2, 0) is 11.2 Å². The van der Waals surface area contributed by atoms with Gasteiger partial charge in [0.2, 0.25) is 11.6 Å². The molecule has 0 spiro atoms. The number of pyridine rings is 1. The highest BCUT2D eigenvalue weighted by atomic mass is 16.1. The Labute approximate surface area is 310 Å². The van der Waals surface area contributed by atoms with Crippen LogP contribution in [0.3, 0.4) is 0 Å². The van der Waals surface area contributed by atoms with Crippen LogP contribution >= 0.6 is 0 Å². The predicted molar refractivity (Wildman–Crippen MR) is 201 cm³/mol. The molecule has 2 aromatic carbocycles. The SMILES string of the molecule is [C-]#[N+]c1cc(C#N)c(C#N)cc1-n1nc(C)c(C#N)c1N=Nc1cc(C#N)c(Nc2ccc(CCCCCCCCCCCC)cc2)nc1NC(C)=O. The van der Waals surface area contributed by atoms with Gasteiger partial charge in [-0.2, -0.15) is 26.1 Å². The van der Waals surface area contributed by atoms with Crippen LogP contribution in [0.4, 0.5) is 34.5 Å². The maximum Gasteiger partial charge on any atom is 0.222 e. The second-order valence-electron chi connectivity index (χ2n) is 12.5. The number of hydrogen-bond acceptors (Lipinski definition) is 10. The lowest BCUT2D eigenvalue weighted by Crippen LogP contribution is -2.09. The average Bonchev–Trinajstić information content (AvgIpc) is 3.49. The van der Waals surface area contributed by atoms with Gasteiger partial charge in [0.1, 0.15) is 29.5 Å². The second-order valence-corrected chi connectivity index (χ2v) is 12.5. The molecule has 2 heterocycles. The van der Waals surface area contributed by atoms with E-state index in [4.69, 9.17) is 6.57 Å². The van der Waals surface area contributed by atoms with Crippen molar-refractivity contribution in [1.29, 1.82) is 21.0 Å². The Morgan fingerprint density at radius 3 is 2.04 bits per heavy atom. The van der Waals surface area contributed by atoms with Gasteiger partial charge in [0.05, 0.1) is 40.7 Å². The highest BCUT2D eigenvalue weighted by Gasteiger charge is 2.21. The Morgan fingerprint density at radius 1 is 0.830 bits per heavy atom. The van der Waals surface area contributed by atoms with Gasteiger partial charge in [-0.05, 0) is 55.7 Å². The highest BCUT2D eigenvalue weighted by Crippen LogP contribution is 2.36. The van der Waals surface area contributed by atoms with Gasteiger partial charge in [0, 0.05) is 12.6 Å². The minimum atomic E-state index is -0.442. The number of benzene rings is 2. The summed E-state index contributed by atoms with van der Waals surface area (Å²) in [4.78, 5) is 20.2. The molecule has 0 atom stereocenters. The molecule has 53 heavy (non-hydrogen) atoms. The van der Waals surface area contributed by atoms with Crippen molar-refractivity contribution in [3.8, 4) is 30.0 Å². The Kier molecular flexibility index (Phi) is 14.3. The van der Waals surface area contributed by atoms with Crippen molar-refractivity contribution in [3.63, 3.8) is 0 Å². The fourth-order valence-electron chi connectivity index (χ4n) is 5.75. The van der Waals surface area contributed by atoms with E-state index in [2.05, 4.69) is 48.8 Å². The maximum atomic E-state index is 12.2. The minimum Gasteiger partial charge on any atom is -0.339 e. The van der Waals surface area contributed by atoms with Crippen LogP contribution < -0.4 is 10.6 Å². The molecule has 2 N–H and O–H groups in total.